The number of fused-ring (bicyclic) bond motifs is 2. The van der Waals surface area contributed by atoms with Crippen molar-refractivity contribution in [3.8, 4) is 23.1 Å². The first-order valence-corrected chi connectivity index (χ1v) is 10.3. The average Bonchev–Trinajstić information content (AvgIpc) is 3.17. The minimum absolute atomic E-state index is 0.699. The van der Waals surface area contributed by atoms with E-state index in [0.29, 0.717) is 5.16 Å². The zero-order valence-electron chi connectivity index (χ0n) is 15.9. The standard InChI is InChI=1S/C22H17N5OS/c1-28-15-8-10-17-19(13-15)27(20-11-12-23-22(26-20)29-2)21(25-17)18-9-7-14-5-3-4-6-16(14)24-18/h3-13H,1-2H3. The highest BCUT2D eigenvalue weighted by Gasteiger charge is 2.18. The summed E-state index contributed by atoms with van der Waals surface area (Å²) >= 11 is 1.50. The summed E-state index contributed by atoms with van der Waals surface area (Å²) in [5.74, 6) is 2.23. The summed E-state index contributed by atoms with van der Waals surface area (Å²) in [6.45, 7) is 0. The Morgan fingerprint density at radius 3 is 2.66 bits per heavy atom. The van der Waals surface area contributed by atoms with Gasteiger partial charge in [-0.15, -0.1) is 0 Å². The number of aromatic nitrogens is 5. The molecule has 3 heterocycles. The number of hydrogen-bond acceptors (Lipinski definition) is 6. The Labute approximate surface area is 171 Å². The van der Waals surface area contributed by atoms with Crippen LogP contribution in [0.3, 0.4) is 0 Å². The summed E-state index contributed by atoms with van der Waals surface area (Å²) in [5.41, 5.74) is 3.46. The van der Waals surface area contributed by atoms with Crippen LogP contribution in [0.25, 0.3) is 39.3 Å². The van der Waals surface area contributed by atoms with Crippen LogP contribution < -0.4 is 4.74 Å². The molecule has 0 unspecified atom stereocenters. The number of para-hydroxylation sites is 1. The van der Waals surface area contributed by atoms with Crippen LogP contribution in [0, 0.1) is 0 Å². The molecule has 3 aromatic heterocycles. The van der Waals surface area contributed by atoms with Gasteiger partial charge in [-0.25, -0.2) is 19.9 Å². The first kappa shape index (κ1) is 17.6. The number of hydrogen-bond donors (Lipinski definition) is 0. The lowest BCUT2D eigenvalue weighted by molar-refractivity contribution is 0.415. The SMILES string of the molecule is COc1ccc2nc(-c3ccc4ccccc4n3)n(-c3ccnc(SC)n3)c2c1. The molecule has 0 atom stereocenters. The average molecular weight is 399 g/mol. The van der Waals surface area contributed by atoms with Crippen LogP contribution in [-0.4, -0.2) is 37.9 Å². The van der Waals surface area contributed by atoms with Crippen LogP contribution in [-0.2, 0) is 0 Å². The second-order valence-corrected chi connectivity index (χ2v) is 7.19. The Morgan fingerprint density at radius 1 is 0.897 bits per heavy atom. The van der Waals surface area contributed by atoms with E-state index in [2.05, 4.69) is 17.1 Å². The van der Waals surface area contributed by atoms with Crippen molar-refractivity contribution in [2.75, 3.05) is 13.4 Å². The van der Waals surface area contributed by atoms with Crippen LogP contribution in [0.2, 0.25) is 0 Å². The van der Waals surface area contributed by atoms with E-state index < -0.39 is 0 Å². The maximum absolute atomic E-state index is 5.44. The molecule has 5 aromatic rings. The lowest BCUT2D eigenvalue weighted by atomic mass is 10.2. The topological polar surface area (TPSA) is 65.7 Å². The Bertz CT molecular complexity index is 1350. The largest absolute Gasteiger partial charge is 0.497 e. The summed E-state index contributed by atoms with van der Waals surface area (Å²) in [7, 11) is 1.66. The van der Waals surface area contributed by atoms with Crippen LogP contribution in [0.15, 0.2) is 72.0 Å². The Hall–Kier alpha value is -3.45. The number of imidazole rings is 1. The number of pyridine rings is 1. The van der Waals surface area contributed by atoms with Gasteiger partial charge in [0.2, 0.25) is 0 Å². The molecule has 0 fully saturated rings. The molecule has 2 aromatic carbocycles. The molecule has 0 aliphatic carbocycles. The van der Waals surface area contributed by atoms with Crippen molar-refractivity contribution in [2.24, 2.45) is 0 Å². The molecule has 0 amide bonds. The van der Waals surface area contributed by atoms with Gasteiger partial charge in [0.05, 0.1) is 23.7 Å². The van der Waals surface area contributed by atoms with Crippen molar-refractivity contribution in [1.82, 2.24) is 24.5 Å². The Balaban J connectivity index is 1.81. The van der Waals surface area contributed by atoms with Crippen LogP contribution in [0.1, 0.15) is 0 Å². The molecule has 142 valence electrons. The molecule has 0 bridgehead atoms. The molecule has 29 heavy (non-hydrogen) atoms. The lowest BCUT2D eigenvalue weighted by Crippen LogP contribution is -2.03. The minimum atomic E-state index is 0.699. The van der Waals surface area contributed by atoms with Gasteiger partial charge >= 0.3 is 0 Å². The first-order chi connectivity index (χ1) is 14.3. The second-order valence-electron chi connectivity index (χ2n) is 6.42. The summed E-state index contributed by atoms with van der Waals surface area (Å²) < 4.78 is 7.45. The van der Waals surface area contributed by atoms with Crippen molar-refractivity contribution in [3.63, 3.8) is 0 Å². The Morgan fingerprint density at radius 2 is 1.79 bits per heavy atom. The summed E-state index contributed by atoms with van der Waals surface area (Å²) in [4.78, 5) is 18.7. The monoisotopic (exact) mass is 399 g/mol. The third kappa shape index (κ3) is 3.09. The first-order valence-electron chi connectivity index (χ1n) is 9.07. The van der Waals surface area contributed by atoms with E-state index in [9.17, 15) is 0 Å². The fourth-order valence-corrected chi connectivity index (χ4v) is 3.68. The highest BCUT2D eigenvalue weighted by molar-refractivity contribution is 7.98. The molecule has 0 spiro atoms. The number of ether oxygens (including phenoxy) is 1. The van der Waals surface area contributed by atoms with Gasteiger partial charge in [0.25, 0.3) is 0 Å². The summed E-state index contributed by atoms with van der Waals surface area (Å²) in [6.07, 6.45) is 3.72. The van der Waals surface area contributed by atoms with E-state index in [1.54, 1.807) is 13.3 Å². The number of thioether (sulfide) groups is 1. The van der Waals surface area contributed by atoms with Crippen LogP contribution in [0.4, 0.5) is 0 Å². The number of methoxy groups -OCH3 is 1. The van der Waals surface area contributed by atoms with Gasteiger partial charge in [-0.3, -0.25) is 4.57 Å². The predicted molar refractivity (Wildman–Crippen MR) is 116 cm³/mol. The quantitative estimate of drug-likeness (QED) is 0.321. The molecular weight excluding hydrogens is 382 g/mol. The Kier molecular flexibility index (Phi) is 4.37. The van der Waals surface area contributed by atoms with E-state index in [4.69, 9.17) is 19.7 Å². The van der Waals surface area contributed by atoms with E-state index in [-0.39, 0.29) is 0 Å². The van der Waals surface area contributed by atoms with Gasteiger partial charge in [0.1, 0.15) is 17.3 Å². The zero-order valence-corrected chi connectivity index (χ0v) is 16.7. The maximum atomic E-state index is 5.44. The van der Waals surface area contributed by atoms with Gasteiger partial charge in [-0.1, -0.05) is 36.0 Å². The molecule has 6 nitrogen and oxygen atoms in total. The number of nitrogens with zero attached hydrogens (tertiary/aromatic N) is 5. The van der Waals surface area contributed by atoms with Gasteiger partial charge < -0.3 is 4.74 Å². The van der Waals surface area contributed by atoms with Crippen molar-refractivity contribution in [2.45, 2.75) is 5.16 Å². The lowest BCUT2D eigenvalue weighted by Gasteiger charge is -2.10. The molecule has 5 rings (SSSR count). The zero-order chi connectivity index (χ0) is 19.8. The second kappa shape index (κ2) is 7.18. The van der Waals surface area contributed by atoms with E-state index in [0.717, 1.165) is 45.0 Å². The van der Waals surface area contributed by atoms with Crippen LogP contribution >= 0.6 is 11.8 Å². The predicted octanol–water partition coefficient (Wildman–Crippen LogP) is 4.76. The third-order valence-electron chi connectivity index (χ3n) is 4.72. The van der Waals surface area contributed by atoms with Gasteiger partial charge in [0.15, 0.2) is 11.0 Å². The van der Waals surface area contributed by atoms with E-state index >= 15 is 0 Å². The van der Waals surface area contributed by atoms with E-state index in [1.165, 1.54) is 11.8 Å². The van der Waals surface area contributed by atoms with Crippen molar-refractivity contribution >= 4 is 33.7 Å². The fourth-order valence-electron chi connectivity index (χ4n) is 3.33. The van der Waals surface area contributed by atoms with E-state index in [1.807, 2.05) is 59.4 Å². The molecule has 7 heteroatoms. The molecule has 0 aliphatic heterocycles. The van der Waals surface area contributed by atoms with Crippen LogP contribution in [0.5, 0.6) is 5.75 Å². The summed E-state index contributed by atoms with van der Waals surface area (Å²) in [5, 5.41) is 1.79. The van der Waals surface area contributed by atoms with Crippen molar-refractivity contribution < 1.29 is 4.74 Å². The van der Waals surface area contributed by atoms with Gasteiger partial charge in [-0.05, 0) is 36.6 Å². The highest BCUT2D eigenvalue weighted by Crippen LogP contribution is 2.30. The highest BCUT2D eigenvalue weighted by atomic mass is 32.2. The molecule has 0 saturated carbocycles. The summed E-state index contributed by atoms with van der Waals surface area (Å²) in [6, 6.07) is 19.8. The normalized spacial score (nSPS) is 11.2. The molecule has 0 radical (unpaired) electrons. The molecule has 0 N–H and O–H groups in total. The fraction of sp³-hybridized carbons (Fsp3) is 0.0909. The third-order valence-corrected chi connectivity index (χ3v) is 5.28. The van der Waals surface area contributed by atoms with Gasteiger partial charge in [0, 0.05) is 17.6 Å². The molecule has 0 saturated heterocycles. The smallest absolute Gasteiger partial charge is 0.189 e. The minimum Gasteiger partial charge on any atom is -0.497 e. The number of benzene rings is 2. The van der Waals surface area contributed by atoms with Gasteiger partial charge in [-0.2, -0.15) is 0 Å². The maximum Gasteiger partial charge on any atom is 0.189 e. The molecular formula is C22H17N5OS. The molecule has 0 aliphatic rings. The number of rotatable bonds is 4. The van der Waals surface area contributed by atoms with Crippen molar-refractivity contribution in [3.05, 3.63) is 66.9 Å². The van der Waals surface area contributed by atoms with Crippen molar-refractivity contribution in [1.29, 1.82) is 0 Å².